The van der Waals surface area contributed by atoms with Crippen LogP contribution in [0.1, 0.15) is 66.3 Å². The predicted molar refractivity (Wildman–Crippen MR) is 141 cm³/mol. The zero-order valence-corrected chi connectivity index (χ0v) is 22.3. The van der Waals surface area contributed by atoms with E-state index in [2.05, 4.69) is 0 Å². The molecule has 5 rings (SSSR count). The molecule has 2 aromatic carbocycles. The van der Waals surface area contributed by atoms with Gasteiger partial charge in [-0.15, -0.1) is 0 Å². The Balaban J connectivity index is 1.79. The first-order chi connectivity index (χ1) is 18.9. The summed E-state index contributed by atoms with van der Waals surface area (Å²) in [6.07, 6.45) is -3.45. The van der Waals surface area contributed by atoms with Crippen molar-refractivity contribution in [1.29, 1.82) is 0 Å². The van der Waals surface area contributed by atoms with Gasteiger partial charge in [0.2, 0.25) is 0 Å². The number of imidazole rings is 1. The monoisotopic (exact) mass is 556 g/mol. The van der Waals surface area contributed by atoms with Crippen LogP contribution in [0.5, 0.6) is 0 Å². The zero-order chi connectivity index (χ0) is 29.1. The van der Waals surface area contributed by atoms with Crippen LogP contribution in [0.4, 0.5) is 13.2 Å². The molecule has 1 aliphatic carbocycles. The molecule has 9 nitrogen and oxygen atoms in total. The molecular formula is C28H27F3N4O5. The highest BCUT2D eigenvalue weighted by molar-refractivity contribution is 5.88. The number of benzene rings is 2. The van der Waals surface area contributed by atoms with Crippen LogP contribution in [-0.4, -0.2) is 30.8 Å². The number of alkyl halides is 3. The van der Waals surface area contributed by atoms with Crippen molar-refractivity contribution in [3.05, 3.63) is 96.2 Å². The SMILES string of the molecule is CCOC(=O)c1cn(-c2ccc3c(c2)n(C(C)C)c(=O)n3C)c(=O)n(C2CCc3c2cccc3C(F)(F)F)c1=O. The van der Waals surface area contributed by atoms with Crippen molar-refractivity contribution in [2.45, 2.75) is 51.9 Å². The minimum absolute atomic E-state index is 0.00182. The highest BCUT2D eigenvalue weighted by Crippen LogP contribution is 2.41. The van der Waals surface area contributed by atoms with Gasteiger partial charge in [0, 0.05) is 19.3 Å². The van der Waals surface area contributed by atoms with Gasteiger partial charge in [0.1, 0.15) is 5.56 Å². The van der Waals surface area contributed by atoms with Crippen LogP contribution >= 0.6 is 0 Å². The van der Waals surface area contributed by atoms with Crippen molar-refractivity contribution >= 4 is 17.0 Å². The number of aromatic nitrogens is 4. The lowest BCUT2D eigenvalue weighted by atomic mass is 10.0. The second-order valence-corrected chi connectivity index (χ2v) is 9.99. The van der Waals surface area contributed by atoms with Crippen LogP contribution in [-0.2, 0) is 24.4 Å². The predicted octanol–water partition coefficient (Wildman–Crippen LogP) is 3.96. The molecule has 0 spiro atoms. The van der Waals surface area contributed by atoms with Gasteiger partial charge in [-0.2, -0.15) is 13.2 Å². The Bertz CT molecular complexity index is 1840. The maximum atomic E-state index is 13.9. The third kappa shape index (κ3) is 4.18. The van der Waals surface area contributed by atoms with Gasteiger partial charge >= 0.3 is 23.5 Å². The molecule has 210 valence electrons. The number of carbonyl (C=O) groups excluding carboxylic acids is 1. The molecule has 0 fully saturated rings. The molecule has 0 amide bonds. The summed E-state index contributed by atoms with van der Waals surface area (Å²) in [7, 11) is 1.63. The maximum absolute atomic E-state index is 13.9. The van der Waals surface area contributed by atoms with E-state index < -0.39 is 40.6 Å². The fourth-order valence-electron chi connectivity index (χ4n) is 5.55. The van der Waals surface area contributed by atoms with Crippen LogP contribution in [0, 0.1) is 0 Å². The number of ether oxygens (including phenoxy) is 1. The minimum atomic E-state index is -4.60. The van der Waals surface area contributed by atoms with Crippen molar-refractivity contribution in [1.82, 2.24) is 18.3 Å². The number of halogens is 3. The summed E-state index contributed by atoms with van der Waals surface area (Å²) >= 11 is 0. The molecule has 40 heavy (non-hydrogen) atoms. The molecule has 0 N–H and O–H groups in total. The Labute approximate surface area is 225 Å². The van der Waals surface area contributed by atoms with E-state index in [0.29, 0.717) is 11.0 Å². The summed E-state index contributed by atoms with van der Waals surface area (Å²) in [5, 5.41) is 0. The summed E-state index contributed by atoms with van der Waals surface area (Å²) in [6.45, 7) is 5.21. The topological polar surface area (TPSA) is 97.2 Å². The molecule has 0 bridgehead atoms. The minimum Gasteiger partial charge on any atom is -0.462 e. The lowest BCUT2D eigenvalue weighted by molar-refractivity contribution is -0.138. The zero-order valence-electron chi connectivity index (χ0n) is 22.3. The van der Waals surface area contributed by atoms with E-state index in [-0.39, 0.29) is 48.0 Å². The van der Waals surface area contributed by atoms with Crippen LogP contribution < -0.4 is 16.9 Å². The summed E-state index contributed by atoms with van der Waals surface area (Å²) in [6, 6.07) is 7.28. The van der Waals surface area contributed by atoms with Crippen LogP contribution in [0.25, 0.3) is 16.7 Å². The third-order valence-corrected chi connectivity index (χ3v) is 7.34. The van der Waals surface area contributed by atoms with Crippen molar-refractivity contribution in [3.63, 3.8) is 0 Å². The van der Waals surface area contributed by atoms with Gasteiger partial charge in [0.25, 0.3) is 5.56 Å². The van der Waals surface area contributed by atoms with Crippen molar-refractivity contribution < 1.29 is 22.7 Å². The summed E-state index contributed by atoms with van der Waals surface area (Å²) in [4.78, 5) is 53.1. The number of fused-ring (bicyclic) bond motifs is 2. The second-order valence-electron chi connectivity index (χ2n) is 9.99. The molecule has 1 unspecified atom stereocenters. The normalized spacial score (nSPS) is 15.2. The van der Waals surface area contributed by atoms with Crippen molar-refractivity contribution in [2.75, 3.05) is 6.61 Å². The molecule has 2 aromatic heterocycles. The number of nitrogens with zero attached hydrogens (tertiary/aromatic N) is 4. The number of hydrogen-bond acceptors (Lipinski definition) is 5. The first-order valence-corrected chi connectivity index (χ1v) is 12.8. The largest absolute Gasteiger partial charge is 0.462 e. The van der Waals surface area contributed by atoms with Gasteiger partial charge in [-0.05, 0) is 69.0 Å². The molecule has 0 saturated heterocycles. The molecule has 12 heteroatoms. The van der Waals surface area contributed by atoms with Gasteiger partial charge in [0.05, 0.1) is 34.9 Å². The first kappa shape index (κ1) is 27.2. The fraction of sp³-hybridized carbons (Fsp3) is 0.357. The summed E-state index contributed by atoms with van der Waals surface area (Å²) in [5.41, 5.74) is -1.66. The lowest BCUT2D eigenvalue weighted by Crippen LogP contribution is -2.44. The summed E-state index contributed by atoms with van der Waals surface area (Å²) < 4.78 is 51.1. The van der Waals surface area contributed by atoms with E-state index >= 15 is 0 Å². The Morgan fingerprint density at radius 2 is 1.80 bits per heavy atom. The van der Waals surface area contributed by atoms with Gasteiger partial charge < -0.3 is 4.74 Å². The highest BCUT2D eigenvalue weighted by Gasteiger charge is 2.38. The Hall–Kier alpha value is -4.35. The van der Waals surface area contributed by atoms with E-state index in [0.717, 1.165) is 21.4 Å². The molecule has 0 radical (unpaired) electrons. The molecule has 0 saturated carbocycles. The molecular weight excluding hydrogens is 529 g/mol. The first-order valence-electron chi connectivity index (χ1n) is 12.8. The fourth-order valence-corrected chi connectivity index (χ4v) is 5.55. The van der Waals surface area contributed by atoms with E-state index in [1.807, 2.05) is 13.8 Å². The van der Waals surface area contributed by atoms with Crippen molar-refractivity contribution in [3.8, 4) is 5.69 Å². The third-order valence-electron chi connectivity index (χ3n) is 7.34. The van der Waals surface area contributed by atoms with Gasteiger partial charge in [0.15, 0.2) is 0 Å². The van der Waals surface area contributed by atoms with Crippen LogP contribution in [0.3, 0.4) is 0 Å². The lowest BCUT2D eigenvalue weighted by Gasteiger charge is -2.19. The number of hydrogen-bond donors (Lipinski definition) is 0. The summed E-state index contributed by atoms with van der Waals surface area (Å²) in [5.74, 6) is -0.961. The van der Waals surface area contributed by atoms with Crippen LogP contribution in [0.2, 0.25) is 0 Å². The smallest absolute Gasteiger partial charge is 0.416 e. The molecule has 0 aliphatic heterocycles. The number of esters is 1. The van der Waals surface area contributed by atoms with E-state index in [4.69, 9.17) is 4.74 Å². The van der Waals surface area contributed by atoms with Gasteiger partial charge in [-0.25, -0.2) is 14.4 Å². The van der Waals surface area contributed by atoms with Crippen molar-refractivity contribution in [2.24, 2.45) is 7.05 Å². The van der Waals surface area contributed by atoms with Gasteiger partial charge in [-0.3, -0.25) is 23.1 Å². The molecule has 2 heterocycles. The molecule has 1 atom stereocenters. The average molecular weight is 557 g/mol. The number of rotatable bonds is 5. The Morgan fingerprint density at radius 1 is 1.07 bits per heavy atom. The maximum Gasteiger partial charge on any atom is 0.416 e. The molecule has 4 aromatic rings. The van der Waals surface area contributed by atoms with Crippen LogP contribution in [0.15, 0.2) is 57.0 Å². The highest BCUT2D eigenvalue weighted by atomic mass is 19.4. The Morgan fingerprint density at radius 3 is 2.45 bits per heavy atom. The standard InChI is InChI=1S/C28H27F3N4O5/c1-5-40-25(37)19-14-33(16-9-11-22-23(13-16)34(15(2)3)26(38)32(22)4)27(39)35(24(19)36)21-12-10-17-18(21)7-6-8-20(17)28(29,30)31/h6-9,11,13-15,21H,5,10,12H2,1-4H3. The van der Waals surface area contributed by atoms with E-state index in [9.17, 15) is 32.3 Å². The average Bonchev–Trinajstić information content (AvgIpc) is 3.42. The second kappa shape index (κ2) is 9.68. The number of carbonyl (C=O) groups is 1. The quantitative estimate of drug-likeness (QED) is 0.347. The van der Waals surface area contributed by atoms with Gasteiger partial charge in [-0.1, -0.05) is 12.1 Å². The van der Waals surface area contributed by atoms with E-state index in [1.54, 1.807) is 36.7 Å². The number of aryl methyl sites for hydroxylation is 1. The van der Waals surface area contributed by atoms with E-state index in [1.165, 1.54) is 16.7 Å². The Kier molecular flexibility index (Phi) is 6.59. The molecule has 1 aliphatic rings.